The number of nitrogens with one attached hydrogen (secondary N) is 2. The van der Waals surface area contributed by atoms with Gasteiger partial charge in [-0.25, -0.2) is 4.79 Å². The molecular formula is C20H20N2O5. The van der Waals surface area contributed by atoms with Crippen LogP contribution in [0.5, 0.6) is 5.75 Å². The minimum atomic E-state index is -0.565. The van der Waals surface area contributed by atoms with Crippen LogP contribution in [0.2, 0.25) is 0 Å². The van der Waals surface area contributed by atoms with E-state index in [4.69, 9.17) is 9.15 Å². The van der Waals surface area contributed by atoms with Crippen molar-refractivity contribution in [3.8, 4) is 5.75 Å². The average molecular weight is 368 g/mol. The summed E-state index contributed by atoms with van der Waals surface area (Å²) >= 11 is 0. The molecule has 0 spiro atoms. The third-order valence-electron chi connectivity index (χ3n) is 4.19. The van der Waals surface area contributed by atoms with Crippen molar-refractivity contribution < 1.29 is 18.7 Å². The van der Waals surface area contributed by atoms with Crippen molar-refractivity contribution in [3.63, 3.8) is 0 Å². The molecule has 2 aromatic carbocycles. The van der Waals surface area contributed by atoms with Gasteiger partial charge in [0.25, 0.3) is 0 Å². The number of aromatic amines is 1. The number of benzene rings is 2. The fourth-order valence-electron chi connectivity index (χ4n) is 2.75. The highest BCUT2D eigenvalue weighted by atomic mass is 16.5. The normalized spacial score (nSPS) is 10.7. The Labute approximate surface area is 155 Å². The Balaban J connectivity index is 1.46. The molecule has 0 fully saturated rings. The molecule has 2 N–H and O–H groups in total. The molecule has 1 heterocycles. The molecule has 0 saturated heterocycles. The second kappa shape index (κ2) is 8.35. The lowest BCUT2D eigenvalue weighted by Crippen LogP contribution is -2.26. The van der Waals surface area contributed by atoms with E-state index in [-0.39, 0.29) is 24.5 Å². The molecule has 3 aromatic rings. The van der Waals surface area contributed by atoms with Crippen molar-refractivity contribution in [2.24, 2.45) is 0 Å². The van der Waals surface area contributed by atoms with E-state index < -0.39 is 5.76 Å². The monoisotopic (exact) mass is 368 g/mol. The maximum absolute atomic E-state index is 12.2. The zero-order valence-electron chi connectivity index (χ0n) is 14.9. The molecule has 0 bridgehead atoms. The quantitative estimate of drug-likeness (QED) is 0.595. The summed E-state index contributed by atoms with van der Waals surface area (Å²) in [6.07, 6.45) is 0.872. The Morgan fingerprint density at radius 2 is 2.00 bits per heavy atom. The van der Waals surface area contributed by atoms with Crippen LogP contribution in [0.15, 0.2) is 51.7 Å². The van der Waals surface area contributed by atoms with Crippen molar-refractivity contribution in [2.75, 3.05) is 13.7 Å². The van der Waals surface area contributed by atoms with Gasteiger partial charge in [0, 0.05) is 24.9 Å². The van der Waals surface area contributed by atoms with E-state index in [9.17, 15) is 14.4 Å². The van der Waals surface area contributed by atoms with Crippen LogP contribution >= 0.6 is 0 Å². The summed E-state index contributed by atoms with van der Waals surface area (Å²) in [5.41, 5.74) is 2.34. The molecule has 0 atom stereocenters. The minimum absolute atomic E-state index is 0.0884. The van der Waals surface area contributed by atoms with E-state index in [1.165, 1.54) is 6.07 Å². The van der Waals surface area contributed by atoms with Crippen LogP contribution in [0.1, 0.15) is 28.8 Å². The molecule has 3 rings (SSSR count). The number of fused-ring (bicyclic) bond motifs is 1. The number of ketones is 1. The number of carbonyl (C=O) groups excluding carboxylic acids is 2. The predicted octanol–water partition coefficient (Wildman–Crippen LogP) is 2.45. The molecule has 0 aliphatic carbocycles. The van der Waals surface area contributed by atoms with E-state index in [1.807, 2.05) is 24.3 Å². The maximum atomic E-state index is 12.2. The molecule has 7 heteroatoms. The number of rotatable bonds is 8. The lowest BCUT2D eigenvalue weighted by molar-refractivity contribution is -0.121. The van der Waals surface area contributed by atoms with Crippen LogP contribution in [0.4, 0.5) is 0 Å². The molecule has 0 radical (unpaired) electrons. The van der Waals surface area contributed by atoms with Crippen molar-refractivity contribution >= 4 is 22.8 Å². The number of Topliss-reactive ketones (excluding diaryl/α,β-unsaturated/α-hetero) is 1. The predicted molar refractivity (Wildman–Crippen MR) is 100 cm³/mol. The maximum Gasteiger partial charge on any atom is 0.417 e. The molecular weight excluding hydrogens is 348 g/mol. The van der Waals surface area contributed by atoms with E-state index in [2.05, 4.69) is 10.3 Å². The highest BCUT2D eigenvalue weighted by Crippen LogP contribution is 2.15. The average Bonchev–Trinajstić information content (AvgIpc) is 3.05. The summed E-state index contributed by atoms with van der Waals surface area (Å²) in [6, 6.07) is 12.4. The van der Waals surface area contributed by atoms with Crippen LogP contribution < -0.4 is 15.8 Å². The van der Waals surface area contributed by atoms with Crippen LogP contribution in [0, 0.1) is 0 Å². The van der Waals surface area contributed by atoms with E-state index in [0.717, 1.165) is 11.3 Å². The van der Waals surface area contributed by atoms with Gasteiger partial charge in [-0.05, 0) is 42.3 Å². The molecule has 7 nitrogen and oxygen atoms in total. The molecule has 0 aliphatic rings. The van der Waals surface area contributed by atoms with Crippen molar-refractivity contribution in [2.45, 2.75) is 19.3 Å². The van der Waals surface area contributed by atoms with Crippen molar-refractivity contribution in [3.05, 3.63) is 64.1 Å². The lowest BCUT2D eigenvalue weighted by Gasteiger charge is -2.07. The molecule has 0 saturated carbocycles. The second-order valence-electron chi connectivity index (χ2n) is 6.10. The first-order valence-electron chi connectivity index (χ1n) is 8.61. The van der Waals surface area contributed by atoms with Gasteiger partial charge in [-0.1, -0.05) is 12.1 Å². The van der Waals surface area contributed by atoms with Crippen LogP contribution in [-0.4, -0.2) is 30.3 Å². The summed E-state index contributed by atoms with van der Waals surface area (Å²) < 4.78 is 10.1. The van der Waals surface area contributed by atoms with Crippen molar-refractivity contribution in [1.29, 1.82) is 0 Å². The van der Waals surface area contributed by atoms with E-state index in [0.29, 0.717) is 29.6 Å². The van der Waals surface area contributed by atoms with Gasteiger partial charge in [0.2, 0.25) is 5.91 Å². The fourth-order valence-corrected chi connectivity index (χ4v) is 2.75. The Kier molecular flexibility index (Phi) is 5.71. The number of oxazole rings is 1. The minimum Gasteiger partial charge on any atom is -0.497 e. The van der Waals surface area contributed by atoms with Crippen LogP contribution in [-0.2, 0) is 11.2 Å². The van der Waals surface area contributed by atoms with Gasteiger partial charge in [-0.3, -0.25) is 14.6 Å². The zero-order valence-corrected chi connectivity index (χ0v) is 14.9. The topological polar surface area (TPSA) is 101 Å². The molecule has 0 aliphatic heterocycles. The highest BCUT2D eigenvalue weighted by molar-refractivity contribution is 6.00. The zero-order chi connectivity index (χ0) is 19.2. The summed E-state index contributed by atoms with van der Waals surface area (Å²) in [4.78, 5) is 37.9. The lowest BCUT2D eigenvalue weighted by atomic mass is 10.1. The molecule has 27 heavy (non-hydrogen) atoms. The largest absolute Gasteiger partial charge is 0.497 e. The van der Waals surface area contributed by atoms with Gasteiger partial charge in [-0.15, -0.1) is 0 Å². The number of aromatic nitrogens is 1. The van der Waals surface area contributed by atoms with Gasteiger partial charge >= 0.3 is 5.76 Å². The molecule has 0 unspecified atom stereocenters. The number of amides is 1. The Morgan fingerprint density at radius 3 is 2.81 bits per heavy atom. The number of methoxy groups -OCH3 is 1. The standard InChI is InChI=1S/C20H20N2O5/c1-26-15-4-2-3-13(11-15)9-10-21-19(24)8-7-17(23)14-5-6-16-18(12-14)27-20(25)22-16/h2-6,11-12H,7-10H2,1H3,(H,21,24)(H,22,25). The third-order valence-corrected chi connectivity index (χ3v) is 4.19. The molecule has 1 amide bonds. The van der Waals surface area contributed by atoms with E-state index in [1.54, 1.807) is 19.2 Å². The van der Waals surface area contributed by atoms with Gasteiger partial charge in [-0.2, -0.15) is 0 Å². The first-order valence-corrected chi connectivity index (χ1v) is 8.61. The van der Waals surface area contributed by atoms with Crippen molar-refractivity contribution in [1.82, 2.24) is 10.3 Å². The summed E-state index contributed by atoms with van der Waals surface area (Å²) in [7, 11) is 1.61. The highest BCUT2D eigenvalue weighted by Gasteiger charge is 2.11. The number of hydrogen-bond donors (Lipinski definition) is 2. The summed E-state index contributed by atoms with van der Waals surface area (Å²) in [6.45, 7) is 0.487. The Morgan fingerprint density at radius 1 is 1.15 bits per heavy atom. The number of H-pyrrole nitrogens is 1. The molecule has 140 valence electrons. The fraction of sp³-hybridized carbons (Fsp3) is 0.250. The molecule has 1 aromatic heterocycles. The number of carbonyl (C=O) groups is 2. The second-order valence-corrected chi connectivity index (χ2v) is 6.10. The summed E-state index contributed by atoms with van der Waals surface area (Å²) in [5.74, 6) is -0.145. The van der Waals surface area contributed by atoms with Gasteiger partial charge in [0.15, 0.2) is 11.4 Å². The first kappa shape index (κ1) is 18.4. The summed E-state index contributed by atoms with van der Waals surface area (Å²) in [5, 5.41) is 2.81. The smallest absolute Gasteiger partial charge is 0.417 e. The van der Waals surface area contributed by atoms with Gasteiger partial charge in [0.1, 0.15) is 5.75 Å². The Hall–Kier alpha value is -3.35. The van der Waals surface area contributed by atoms with Crippen LogP contribution in [0.25, 0.3) is 11.1 Å². The SMILES string of the molecule is COc1cccc(CCNC(=O)CCC(=O)c2ccc3[nH]c(=O)oc3c2)c1. The van der Waals surface area contributed by atoms with Crippen LogP contribution in [0.3, 0.4) is 0 Å². The Bertz CT molecular complexity index is 1020. The van der Waals surface area contributed by atoms with E-state index >= 15 is 0 Å². The number of ether oxygens (including phenoxy) is 1. The van der Waals surface area contributed by atoms with Gasteiger partial charge < -0.3 is 14.5 Å². The van der Waals surface area contributed by atoms with Gasteiger partial charge in [0.05, 0.1) is 12.6 Å². The first-order chi connectivity index (χ1) is 13.0. The number of hydrogen-bond acceptors (Lipinski definition) is 5. The third kappa shape index (κ3) is 4.84.